The van der Waals surface area contributed by atoms with Crippen LogP contribution in [0.15, 0.2) is 30.3 Å². The zero-order valence-electron chi connectivity index (χ0n) is 19.8. The molecule has 0 radical (unpaired) electrons. The van der Waals surface area contributed by atoms with E-state index in [1.165, 1.54) is 0 Å². The number of nitrogens with zero attached hydrogens (tertiary/aromatic N) is 1. The van der Waals surface area contributed by atoms with Crippen LogP contribution in [0.2, 0.25) is 0 Å². The molecule has 35 heavy (non-hydrogen) atoms. The Morgan fingerprint density at radius 3 is 2.80 bits per heavy atom. The standard InChI is InChI=1S/C25H27N3O7/c1-4-32-19-8-15-7-14(2)35-20(15)9-16(19)11-26-22(29)12-28-23(30)25(3,27-24(28)31)17-5-6-18-21(10-17)34-13-33-18/h5-6,8-10,14H,4,7,11-13H2,1-3H3,(H,26,29)(H,27,31)/t14-,25-/m0/s1. The molecule has 3 aliphatic heterocycles. The summed E-state index contributed by atoms with van der Waals surface area (Å²) in [5, 5.41) is 5.48. The predicted molar refractivity (Wildman–Crippen MR) is 123 cm³/mol. The molecule has 2 aromatic rings. The van der Waals surface area contributed by atoms with Crippen molar-refractivity contribution < 1.29 is 33.3 Å². The molecule has 10 nitrogen and oxygen atoms in total. The third-order valence-corrected chi connectivity index (χ3v) is 6.38. The van der Waals surface area contributed by atoms with Crippen molar-refractivity contribution in [1.29, 1.82) is 0 Å². The Labute approximate surface area is 202 Å². The minimum absolute atomic E-state index is 0.0862. The van der Waals surface area contributed by atoms with Gasteiger partial charge in [-0.1, -0.05) is 6.07 Å². The summed E-state index contributed by atoms with van der Waals surface area (Å²) in [4.78, 5) is 39.5. The molecule has 0 bridgehead atoms. The van der Waals surface area contributed by atoms with Gasteiger partial charge in [0.25, 0.3) is 5.91 Å². The number of fused-ring (bicyclic) bond motifs is 2. The zero-order valence-corrected chi connectivity index (χ0v) is 19.8. The number of carbonyl (C=O) groups excluding carboxylic acids is 3. The number of amides is 4. The first-order valence-electron chi connectivity index (χ1n) is 11.5. The smallest absolute Gasteiger partial charge is 0.325 e. The van der Waals surface area contributed by atoms with Crippen LogP contribution < -0.4 is 29.6 Å². The molecule has 0 unspecified atom stereocenters. The van der Waals surface area contributed by atoms with Gasteiger partial charge in [-0.3, -0.25) is 14.5 Å². The maximum Gasteiger partial charge on any atom is 0.325 e. The Balaban J connectivity index is 1.26. The Kier molecular flexibility index (Phi) is 5.66. The molecule has 4 amide bonds. The van der Waals surface area contributed by atoms with Gasteiger partial charge in [0, 0.05) is 24.1 Å². The van der Waals surface area contributed by atoms with Gasteiger partial charge < -0.3 is 29.6 Å². The molecule has 1 saturated heterocycles. The van der Waals surface area contributed by atoms with Crippen LogP contribution in [0.4, 0.5) is 4.79 Å². The van der Waals surface area contributed by atoms with Crippen molar-refractivity contribution >= 4 is 17.8 Å². The van der Waals surface area contributed by atoms with Crippen LogP contribution in [0, 0.1) is 0 Å². The molecule has 184 valence electrons. The number of benzene rings is 2. The van der Waals surface area contributed by atoms with E-state index >= 15 is 0 Å². The Bertz CT molecular complexity index is 1210. The van der Waals surface area contributed by atoms with Gasteiger partial charge in [-0.05, 0) is 50.6 Å². The molecule has 0 saturated carbocycles. The fourth-order valence-corrected chi connectivity index (χ4v) is 4.55. The fourth-order valence-electron chi connectivity index (χ4n) is 4.55. The number of rotatable bonds is 7. The average molecular weight is 482 g/mol. The van der Waals surface area contributed by atoms with Crippen LogP contribution in [-0.4, -0.2) is 48.8 Å². The summed E-state index contributed by atoms with van der Waals surface area (Å²) < 4.78 is 22.3. The molecule has 5 rings (SSSR count). The van der Waals surface area contributed by atoms with Gasteiger partial charge in [0.2, 0.25) is 12.7 Å². The zero-order chi connectivity index (χ0) is 24.7. The summed E-state index contributed by atoms with van der Waals surface area (Å²) in [5.41, 5.74) is 1.04. The van der Waals surface area contributed by atoms with Crippen molar-refractivity contribution in [2.45, 2.75) is 45.4 Å². The molecular formula is C25H27N3O7. The van der Waals surface area contributed by atoms with Crippen molar-refractivity contribution in [1.82, 2.24) is 15.5 Å². The van der Waals surface area contributed by atoms with Gasteiger partial charge in [0.05, 0.1) is 6.61 Å². The lowest BCUT2D eigenvalue weighted by Gasteiger charge is -2.22. The number of hydrogen-bond acceptors (Lipinski definition) is 7. The number of urea groups is 1. The lowest BCUT2D eigenvalue weighted by atomic mass is 9.91. The average Bonchev–Trinajstić information content (AvgIpc) is 3.49. The van der Waals surface area contributed by atoms with Crippen LogP contribution in [0.3, 0.4) is 0 Å². The van der Waals surface area contributed by atoms with E-state index in [9.17, 15) is 14.4 Å². The van der Waals surface area contributed by atoms with Crippen LogP contribution in [-0.2, 0) is 28.1 Å². The summed E-state index contributed by atoms with van der Waals surface area (Å²) in [6, 6.07) is 8.22. The summed E-state index contributed by atoms with van der Waals surface area (Å²) in [5.74, 6) is 1.53. The number of ether oxygens (including phenoxy) is 4. The van der Waals surface area contributed by atoms with Crippen molar-refractivity contribution in [3.05, 3.63) is 47.0 Å². The van der Waals surface area contributed by atoms with Crippen LogP contribution in [0.25, 0.3) is 0 Å². The quantitative estimate of drug-likeness (QED) is 0.583. The van der Waals surface area contributed by atoms with E-state index < -0.39 is 29.9 Å². The Hall–Kier alpha value is -3.95. The predicted octanol–water partition coefficient (Wildman–Crippen LogP) is 2.22. The first-order valence-corrected chi connectivity index (χ1v) is 11.5. The highest BCUT2D eigenvalue weighted by molar-refractivity contribution is 6.09. The Morgan fingerprint density at radius 2 is 2.00 bits per heavy atom. The lowest BCUT2D eigenvalue weighted by Crippen LogP contribution is -2.43. The van der Waals surface area contributed by atoms with Crippen molar-refractivity contribution in [3.63, 3.8) is 0 Å². The van der Waals surface area contributed by atoms with E-state index in [-0.39, 0.29) is 19.4 Å². The summed E-state index contributed by atoms with van der Waals surface area (Å²) in [6.45, 7) is 5.83. The maximum atomic E-state index is 13.2. The lowest BCUT2D eigenvalue weighted by molar-refractivity contribution is -0.134. The third kappa shape index (κ3) is 4.09. The monoisotopic (exact) mass is 481 g/mol. The van der Waals surface area contributed by atoms with E-state index in [4.69, 9.17) is 18.9 Å². The second-order valence-electron chi connectivity index (χ2n) is 8.92. The van der Waals surface area contributed by atoms with Gasteiger partial charge >= 0.3 is 6.03 Å². The maximum absolute atomic E-state index is 13.2. The van der Waals surface area contributed by atoms with Crippen LogP contribution >= 0.6 is 0 Å². The van der Waals surface area contributed by atoms with Gasteiger partial charge in [0.15, 0.2) is 11.5 Å². The molecular weight excluding hydrogens is 454 g/mol. The molecule has 10 heteroatoms. The minimum atomic E-state index is -1.32. The third-order valence-electron chi connectivity index (χ3n) is 6.38. The number of nitrogens with one attached hydrogen (secondary N) is 2. The molecule has 0 aliphatic carbocycles. The molecule has 2 N–H and O–H groups in total. The molecule has 3 aliphatic rings. The summed E-state index contributed by atoms with van der Waals surface area (Å²) >= 11 is 0. The topological polar surface area (TPSA) is 115 Å². The SMILES string of the molecule is CCOc1cc2c(cc1CNC(=O)CN1C(=O)N[C@@](C)(c3ccc4c(c3)OCO4)C1=O)O[C@@H](C)C2. The highest BCUT2D eigenvalue weighted by Gasteiger charge is 2.49. The second kappa shape index (κ2) is 8.68. The van der Waals surface area contributed by atoms with Crippen LogP contribution in [0.1, 0.15) is 37.5 Å². The van der Waals surface area contributed by atoms with E-state index in [1.807, 2.05) is 26.0 Å². The molecule has 0 spiro atoms. The minimum Gasteiger partial charge on any atom is -0.494 e. The number of carbonyl (C=O) groups is 3. The normalized spacial score (nSPS) is 22.0. The van der Waals surface area contributed by atoms with E-state index in [0.717, 1.165) is 28.2 Å². The number of imide groups is 1. The molecule has 1 fully saturated rings. The fraction of sp³-hybridized carbons (Fsp3) is 0.400. The van der Waals surface area contributed by atoms with Gasteiger partial charge in [-0.2, -0.15) is 0 Å². The van der Waals surface area contributed by atoms with Gasteiger partial charge in [-0.15, -0.1) is 0 Å². The molecule has 2 atom stereocenters. The molecule has 3 heterocycles. The van der Waals surface area contributed by atoms with Crippen molar-refractivity contribution in [3.8, 4) is 23.0 Å². The van der Waals surface area contributed by atoms with Crippen molar-refractivity contribution in [2.75, 3.05) is 19.9 Å². The van der Waals surface area contributed by atoms with E-state index in [1.54, 1.807) is 25.1 Å². The van der Waals surface area contributed by atoms with Crippen molar-refractivity contribution in [2.24, 2.45) is 0 Å². The first-order chi connectivity index (χ1) is 16.8. The van der Waals surface area contributed by atoms with E-state index in [2.05, 4.69) is 10.6 Å². The number of hydrogen-bond donors (Lipinski definition) is 2. The largest absolute Gasteiger partial charge is 0.494 e. The van der Waals surface area contributed by atoms with Gasteiger partial charge in [0.1, 0.15) is 29.7 Å². The second-order valence-corrected chi connectivity index (χ2v) is 8.92. The molecule has 0 aromatic heterocycles. The summed E-state index contributed by atoms with van der Waals surface area (Å²) in [6.07, 6.45) is 0.888. The summed E-state index contributed by atoms with van der Waals surface area (Å²) in [7, 11) is 0. The molecule has 2 aromatic carbocycles. The van der Waals surface area contributed by atoms with Gasteiger partial charge in [-0.25, -0.2) is 4.79 Å². The Morgan fingerprint density at radius 1 is 1.20 bits per heavy atom. The highest BCUT2D eigenvalue weighted by Crippen LogP contribution is 2.38. The van der Waals surface area contributed by atoms with E-state index in [0.29, 0.717) is 29.4 Å². The highest BCUT2D eigenvalue weighted by atomic mass is 16.7. The first kappa shape index (κ1) is 22.8. The van der Waals surface area contributed by atoms with Crippen LogP contribution in [0.5, 0.6) is 23.0 Å².